The molecule has 1 amide bonds. The fourth-order valence-corrected chi connectivity index (χ4v) is 3.51. The maximum Gasteiger partial charge on any atom is 0.410 e. The van der Waals surface area contributed by atoms with Gasteiger partial charge in [-0.3, -0.25) is 9.58 Å². The zero-order valence-electron chi connectivity index (χ0n) is 15.8. The molecule has 1 atom stereocenters. The molecular weight excluding hydrogens is 350 g/mol. The molecule has 2 aromatic rings. The quantitative estimate of drug-likeness (QED) is 0.778. The fourth-order valence-electron chi connectivity index (χ4n) is 3.38. The fraction of sp³-hybridized carbons (Fsp3) is 0.500. The van der Waals surface area contributed by atoms with Crippen LogP contribution < -0.4 is 0 Å². The average molecular weight is 376 g/mol. The Labute approximate surface area is 159 Å². The minimum absolute atomic E-state index is 0.0339. The summed E-state index contributed by atoms with van der Waals surface area (Å²) >= 11 is 5.99. The number of nitrogens with zero attached hydrogens (tertiary/aromatic N) is 3. The van der Waals surface area contributed by atoms with Crippen LogP contribution in [0.25, 0.3) is 0 Å². The summed E-state index contributed by atoms with van der Waals surface area (Å²) in [5, 5.41) is 5.41. The predicted octanol–water partition coefficient (Wildman–Crippen LogP) is 4.74. The van der Waals surface area contributed by atoms with E-state index in [-0.39, 0.29) is 12.1 Å². The highest BCUT2D eigenvalue weighted by Gasteiger charge is 2.35. The Morgan fingerprint density at radius 1 is 1.31 bits per heavy atom. The van der Waals surface area contributed by atoms with Gasteiger partial charge in [0, 0.05) is 31.2 Å². The van der Waals surface area contributed by atoms with E-state index in [1.54, 1.807) is 0 Å². The van der Waals surface area contributed by atoms with Crippen LogP contribution in [0.15, 0.2) is 30.5 Å². The molecule has 0 bridgehead atoms. The van der Waals surface area contributed by atoms with Gasteiger partial charge in [-0.15, -0.1) is 0 Å². The number of ether oxygens (including phenoxy) is 1. The number of carbonyl (C=O) groups excluding carboxylic acids is 1. The van der Waals surface area contributed by atoms with Gasteiger partial charge in [-0.05, 0) is 56.9 Å². The molecule has 3 rings (SSSR count). The van der Waals surface area contributed by atoms with E-state index >= 15 is 0 Å². The summed E-state index contributed by atoms with van der Waals surface area (Å²) in [6.45, 7) is 6.38. The lowest BCUT2D eigenvalue weighted by molar-refractivity contribution is 0.0220. The lowest BCUT2D eigenvalue weighted by atomic mass is 10.0. The van der Waals surface area contributed by atoms with E-state index in [0.29, 0.717) is 6.54 Å². The third-order valence-corrected chi connectivity index (χ3v) is 4.69. The molecule has 26 heavy (non-hydrogen) atoms. The van der Waals surface area contributed by atoms with Gasteiger partial charge in [0.1, 0.15) is 5.60 Å². The number of benzene rings is 1. The molecule has 1 aliphatic rings. The van der Waals surface area contributed by atoms with Gasteiger partial charge in [-0.2, -0.15) is 5.10 Å². The maximum absolute atomic E-state index is 12.6. The first-order chi connectivity index (χ1) is 12.2. The molecule has 5 nitrogen and oxygen atoms in total. The molecule has 0 aliphatic carbocycles. The Hall–Kier alpha value is -2.01. The topological polar surface area (TPSA) is 47.4 Å². The van der Waals surface area contributed by atoms with Crippen LogP contribution in [0.4, 0.5) is 4.79 Å². The van der Waals surface area contributed by atoms with Gasteiger partial charge in [0.2, 0.25) is 0 Å². The van der Waals surface area contributed by atoms with Crippen LogP contribution in [-0.4, -0.2) is 32.9 Å². The lowest BCUT2D eigenvalue weighted by Crippen LogP contribution is -2.36. The van der Waals surface area contributed by atoms with E-state index in [1.165, 1.54) is 5.56 Å². The standard InChI is InChI=1S/C20H26ClN3O2/c1-20(2,3)26-19(25)24-11-5-6-17(24)18-15(13-23(4)22-18)12-14-7-9-16(21)10-8-14/h7-10,13,17H,5-6,11-12H2,1-4H3. The monoisotopic (exact) mass is 375 g/mol. The molecule has 1 aliphatic heterocycles. The molecule has 0 radical (unpaired) electrons. The van der Waals surface area contributed by atoms with Crippen molar-refractivity contribution in [2.45, 2.75) is 51.7 Å². The van der Waals surface area contributed by atoms with Gasteiger partial charge in [0.25, 0.3) is 0 Å². The summed E-state index contributed by atoms with van der Waals surface area (Å²) in [7, 11) is 1.92. The van der Waals surface area contributed by atoms with E-state index in [1.807, 2.05) is 67.9 Å². The molecule has 1 unspecified atom stereocenters. The van der Waals surface area contributed by atoms with Crippen molar-refractivity contribution in [1.29, 1.82) is 0 Å². The highest BCUT2D eigenvalue weighted by atomic mass is 35.5. The molecule has 1 fully saturated rings. The molecular formula is C20H26ClN3O2. The number of rotatable bonds is 3. The number of hydrogen-bond acceptors (Lipinski definition) is 3. The largest absolute Gasteiger partial charge is 0.444 e. The van der Waals surface area contributed by atoms with Crippen molar-refractivity contribution in [3.8, 4) is 0 Å². The van der Waals surface area contributed by atoms with Gasteiger partial charge >= 0.3 is 6.09 Å². The van der Waals surface area contributed by atoms with Crippen molar-refractivity contribution in [3.63, 3.8) is 0 Å². The van der Waals surface area contributed by atoms with E-state index in [2.05, 4.69) is 5.10 Å². The first-order valence-corrected chi connectivity index (χ1v) is 9.37. The number of amides is 1. The molecule has 0 spiro atoms. The van der Waals surface area contributed by atoms with E-state index in [4.69, 9.17) is 16.3 Å². The number of hydrogen-bond donors (Lipinski definition) is 0. The van der Waals surface area contributed by atoms with Crippen molar-refractivity contribution in [1.82, 2.24) is 14.7 Å². The predicted molar refractivity (Wildman–Crippen MR) is 102 cm³/mol. The minimum Gasteiger partial charge on any atom is -0.444 e. The lowest BCUT2D eigenvalue weighted by Gasteiger charge is -2.28. The van der Waals surface area contributed by atoms with E-state index in [0.717, 1.165) is 35.5 Å². The molecule has 2 heterocycles. The van der Waals surface area contributed by atoms with Crippen molar-refractivity contribution in [2.75, 3.05) is 6.54 Å². The van der Waals surface area contributed by atoms with Crippen LogP contribution in [0, 0.1) is 0 Å². The summed E-state index contributed by atoms with van der Waals surface area (Å²) in [5.41, 5.74) is 2.77. The van der Waals surface area contributed by atoms with Crippen molar-refractivity contribution in [3.05, 3.63) is 52.3 Å². The molecule has 1 saturated heterocycles. The van der Waals surface area contributed by atoms with Crippen LogP contribution in [-0.2, 0) is 18.2 Å². The molecule has 0 N–H and O–H groups in total. The average Bonchev–Trinajstić information content (AvgIpc) is 3.14. The van der Waals surface area contributed by atoms with Gasteiger partial charge in [0.05, 0.1) is 11.7 Å². The Bertz CT molecular complexity index is 777. The molecule has 1 aromatic heterocycles. The van der Waals surface area contributed by atoms with Crippen LogP contribution >= 0.6 is 11.6 Å². The Balaban J connectivity index is 1.84. The summed E-state index contributed by atoms with van der Waals surface area (Å²) < 4.78 is 7.41. The Morgan fingerprint density at radius 2 is 2.00 bits per heavy atom. The van der Waals surface area contributed by atoms with Gasteiger partial charge in [-0.1, -0.05) is 23.7 Å². The normalized spacial score (nSPS) is 17.6. The second kappa shape index (κ2) is 7.31. The van der Waals surface area contributed by atoms with Gasteiger partial charge in [-0.25, -0.2) is 4.79 Å². The second-order valence-corrected chi connectivity index (χ2v) is 8.28. The third-order valence-electron chi connectivity index (χ3n) is 4.44. The number of aromatic nitrogens is 2. The maximum atomic E-state index is 12.6. The highest BCUT2D eigenvalue weighted by Crippen LogP contribution is 2.34. The Morgan fingerprint density at radius 3 is 2.65 bits per heavy atom. The van der Waals surface area contributed by atoms with Gasteiger partial charge in [0.15, 0.2) is 0 Å². The first-order valence-electron chi connectivity index (χ1n) is 8.99. The van der Waals surface area contributed by atoms with Crippen LogP contribution in [0.2, 0.25) is 5.02 Å². The smallest absolute Gasteiger partial charge is 0.410 e. The molecule has 0 saturated carbocycles. The highest BCUT2D eigenvalue weighted by molar-refractivity contribution is 6.30. The van der Waals surface area contributed by atoms with Crippen molar-refractivity contribution < 1.29 is 9.53 Å². The summed E-state index contributed by atoms with van der Waals surface area (Å²) in [5.74, 6) is 0. The Kier molecular flexibility index (Phi) is 5.28. The first kappa shape index (κ1) is 18.8. The third kappa shape index (κ3) is 4.39. The summed E-state index contributed by atoms with van der Waals surface area (Å²) in [4.78, 5) is 14.4. The van der Waals surface area contributed by atoms with Crippen LogP contribution in [0.5, 0.6) is 0 Å². The molecule has 1 aromatic carbocycles. The SMILES string of the molecule is Cn1cc(Cc2ccc(Cl)cc2)c(C2CCCN2C(=O)OC(C)(C)C)n1. The number of halogens is 1. The number of likely N-dealkylation sites (tertiary alicyclic amines) is 1. The van der Waals surface area contributed by atoms with Crippen molar-refractivity contribution >= 4 is 17.7 Å². The minimum atomic E-state index is -0.500. The summed E-state index contributed by atoms with van der Waals surface area (Å²) in [6.07, 6.45) is 4.40. The van der Waals surface area contributed by atoms with Crippen LogP contribution in [0.1, 0.15) is 56.5 Å². The van der Waals surface area contributed by atoms with Crippen LogP contribution in [0.3, 0.4) is 0 Å². The number of aryl methyl sites for hydroxylation is 1. The molecule has 6 heteroatoms. The molecule has 140 valence electrons. The summed E-state index contributed by atoms with van der Waals surface area (Å²) in [6, 6.07) is 7.82. The zero-order valence-corrected chi connectivity index (χ0v) is 16.6. The van der Waals surface area contributed by atoms with E-state index in [9.17, 15) is 4.79 Å². The van der Waals surface area contributed by atoms with Gasteiger partial charge < -0.3 is 4.74 Å². The zero-order chi connectivity index (χ0) is 18.9. The second-order valence-electron chi connectivity index (χ2n) is 7.85. The number of carbonyl (C=O) groups is 1. The van der Waals surface area contributed by atoms with E-state index < -0.39 is 5.60 Å². The van der Waals surface area contributed by atoms with Crippen molar-refractivity contribution in [2.24, 2.45) is 7.05 Å².